The first-order valence-corrected chi connectivity index (χ1v) is 8.85. The maximum atomic E-state index is 12.0. The van der Waals surface area contributed by atoms with Gasteiger partial charge in [-0.05, 0) is 25.8 Å². The lowest BCUT2D eigenvalue weighted by molar-refractivity contribution is -0.119. The van der Waals surface area contributed by atoms with Crippen molar-refractivity contribution in [1.82, 2.24) is 9.88 Å². The summed E-state index contributed by atoms with van der Waals surface area (Å²) in [6.07, 6.45) is 4.50. The SMILES string of the molecule is CCn1cc(SCC(=O)NC[C@@H]2CCCO2)c2ccccc21. The summed E-state index contributed by atoms with van der Waals surface area (Å²) in [5.74, 6) is 0.526. The molecular weight excluding hydrogens is 296 g/mol. The van der Waals surface area contributed by atoms with Crippen LogP contribution in [-0.4, -0.2) is 35.5 Å². The molecule has 1 aromatic heterocycles. The monoisotopic (exact) mass is 318 g/mol. The van der Waals surface area contributed by atoms with Crippen LogP contribution in [0.5, 0.6) is 0 Å². The van der Waals surface area contributed by atoms with Crippen LogP contribution in [0, 0.1) is 0 Å². The lowest BCUT2D eigenvalue weighted by Crippen LogP contribution is -2.32. The molecule has 0 unspecified atom stereocenters. The highest BCUT2D eigenvalue weighted by Crippen LogP contribution is 2.29. The summed E-state index contributed by atoms with van der Waals surface area (Å²) in [4.78, 5) is 13.2. The summed E-state index contributed by atoms with van der Waals surface area (Å²) in [7, 11) is 0. The van der Waals surface area contributed by atoms with Gasteiger partial charge in [-0.1, -0.05) is 18.2 Å². The fourth-order valence-electron chi connectivity index (χ4n) is 2.82. The summed E-state index contributed by atoms with van der Waals surface area (Å²) in [5, 5.41) is 4.20. The predicted octanol–water partition coefficient (Wildman–Crippen LogP) is 3.05. The van der Waals surface area contributed by atoms with E-state index in [0.717, 1.165) is 26.0 Å². The number of hydrogen-bond donors (Lipinski definition) is 1. The zero-order valence-corrected chi connectivity index (χ0v) is 13.7. The minimum absolute atomic E-state index is 0.0776. The number of thioether (sulfide) groups is 1. The van der Waals surface area contributed by atoms with Crippen LogP contribution in [0.2, 0.25) is 0 Å². The maximum absolute atomic E-state index is 12.0. The average molecular weight is 318 g/mol. The summed E-state index contributed by atoms with van der Waals surface area (Å²) in [5.41, 5.74) is 1.23. The van der Waals surface area contributed by atoms with Gasteiger partial charge in [0.05, 0.1) is 11.9 Å². The predicted molar refractivity (Wildman–Crippen MR) is 90.3 cm³/mol. The zero-order valence-electron chi connectivity index (χ0n) is 12.9. The number of aryl methyl sites for hydroxylation is 1. The Morgan fingerprint density at radius 3 is 3.09 bits per heavy atom. The molecular formula is C17H22N2O2S. The van der Waals surface area contributed by atoms with Gasteiger partial charge >= 0.3 is 0 Å². The first-order chi connectivity index (χ1) is 10.8. The van der Waals surface area contributed by atoms with Gasteiger partial charge in [0.25, 0.3) is 0 Å². The Balaban J connectivity index is 1.57. The minimum Gasteiger partial charge on any atom is -0.376 e. The van der Waals surface area contributed by atoms with Gasteiger partial charge in [-0.3, -0.25) is 4.79 Å². The smallest absolute Gasteiger partial charge is 0.230 e. The van der Waals surface area contributed by atoms with E-state index >= 15 is 0 Å². The van der Waals surface area contributed by atoms with Crippen molar-refractivity contribution >= 4 is 28.6 Å². The highest BCUT2D eigenvalue weighted by molar-refractivity contribution is 8.00. The Hall–Kier alpha value is -1.46. The second-order valence-corrected chi connectivity index (χ2v) is 6.54. The largest absolute Gasteiger partial charge is 0.376 e. The molecule has 1 aliphatic rings. The van der Waals surface area contributed by atoms with E-state index in [1.165, 1.54) is 15.8 Å². The lowest BCUT2D eigenvalue weighted by Gasteiger charge is -2.10. The average Bonchev–Trinajstić information content (AvgIpc) is 3.18. The topological polar surface area (TPSA) is 43.3 Å². The number of benzene rings is 1. The summed E-state index contributed by atoms with van der Waals surface area (Å²) >= 11 is 1.60. The standard InChI is InChI=1S/C17H22N2O2S/c1-2-19-11-16(14-7-3-4-8-15(14)19)22-12-17(20)18-10-13-6-5-9-21-13/h3-4,7-8,11,13H,2,5-6,9-10,12H2,1H3,(H,18,20)/t13-/m0/s1. The lowest BCUT2D eigenvalue weighted by atomic mass is 10.2. The van der Waals surface area contributed by atoms with E-state index < -0.39 is 0 Å². The summed E-state index contributed by atoms with van der Waals surface area (Å²) in [6.45, 7) is 4.53. The van der Waals surface area contributed by atoms with Crippen molar-refractivity contribution in [3.8, 4) is 0 Å². The Morgan fingerprint density at radius 1 is 1.45 bits per heavy atom. The van der Waals surface area contributed by atoms with Crippen LogP contribution in [-0.2, 0) is 16.1 Å². The van der Waals surface area contributed by atoms with Crippen LogP contribution in [0.1, 0.15) is 19.8 Å². The minimum atomic E-state index is 0.0776. The molecule has 1 saturated heterocycles. The number of rotatable bonds is 6. The third-order valence-electron chi connectivity index (χ3n) is 4.00. The summed E-state index contributed by atoms with van der Waals surface area (Å²) in [6, 6.07) is 8.34. The van der Waals surface area contributed by atoms with Crippen LogP contribution in [0.15, 0.2) is 35.4 Å². The van der Waals surface area contributed by atoms with Gasteiger partial charge in [-0.2, -0.15) is 0 Å². The van der Waals surface area contributed by atoms with Crippen molar-refractivity contribution in [2.24, 2.45) is 0 Å². The van der Waals surface area contributed by atoms with Gasteiger partial charge in [-0.25, -0.2) is 0 Å². The molecule has 1 amide bonds. The first-order valence-electron chi connectivity index (χ1n) is 7.87. The van der Waals surface area contributed by atoms with Crippen LogP contribution >= 0.6 is 11.8 Å². The third-order valence-corrected chi connectivity index (χ3v) is 5.05. The van der Waals surface area contributed by atoms with E-state index in [1.54, 1.807) is 11.8 Å². The normalized spacial score (nSPS) is 18.0. The van der Waals surface area contributed by atoms with Crippen LogP contribution < -0.4 is 5.32 Å². The quantitative estimate of drug-likeness (QED) is 0.833. The van der Waals surface area contributed by atoms with E-state index in [-0.39, 0.29) is 12.0 Å². The molecule has 1 fully saturated rings. The van der Waals surface area contributed by atoms with Crippen LogP contribution in [0.3, 0.4) is 0 Å². The molecule has 3 rings (SSSR count). The highest BCUT2D eigenvalue weighted by Gasteiger charge is 2.16. The molecule has 4 nitrogen and oxygen atoms in total. The molecule has 2 aromatic rings. The molecule has 1 N–H and O–H groups in total. The van der Waals surface area contributed by atoms with E-state index in [2.05, 4.69) is 41.2 Å². The molecule has 0 aliphatic carbocycles. The van der Waals surface area contributed by atoms with Gasteiger partial charge < -0.3 is 14.6 Å². The van der Waals surface area contributed by atoms with Gasteiger partial charge in [0.2, 0.25) is 5.91 Å². The molecule has 0 radical (unpaired) electrons. The van der Waals surface area contributed by atoms with Crippen molar-refractivity contribution in [1.29, 1.82) is 0 Å². The third kappa shape index (κ3) is 3.47. The number of amides is 1. The van der Waals surface area contributed by atoms with Crippen molar-refractivity contribution in [2.75, 3.05) is 18.9 Å². The van der Waals surface area contributed by atoms with E-state index in [1.807, 2.05) is 6.07 Å². The number of hydrogen-bond acceptors (Lipinski definition) is 3. The van der Waals surface area contributed by atoms with Gasteiger partial charge in [0.1, 0.15) is 0 Å². The van der Waals surface area contributed by atoms with Gasteiger partial charge in [0.15, 0.2) is 0 Å². The molecule has 2 heterocycles. The molecule has 1 aliphatic heterocycles. The number of fused-ring (bicyclic) bond motifs is 1. The molecule has 118 valence electrons. The first kappa shape index (κ1) is 15.4. The molecule has 22 heavy (non-hydrogen) atoms. The van der Waals surface area contributed by atoms with Crippen molar-refractivity contribution in [2.45, 2.75) is 37.3 Å². The number of carbonyl (C=O) groups is 1. The number of nitrogens with one attached hydrogen (secondary N) is 1. The number of carbonyl (C=O) groups excluding carboxylic acids is 1. The second kappa shape index (κ2) is 7.20. The second-order valence-electron chi connectivity index (χ2n) is 5.52. The molecule has 1 aromatic carbocycles. The Morgan fingerprint density at radius 2 is 2.32 bits per heavy atom. The number of ether oxygens (including phenoxy) is 1. The van der Waals surface area contributed by atoms with Crippen molar-refractivity contribution < 1.29 is 9.53 Å². The van der Waals surface area contributed by atoms with E-state index in [9.17, 15) is 4.79 Å². The molecule has 0 spiro atoms. The van der Waals surface area contributed by atoms with Crippen molar-refractivity contribution in [3.05, 3.63) is 30.5 Å². The van der Waals surface area contributed by atoms with Crippen LogP contribution in [0.4, 0.5) is 0 Å². The highest BCUT2D eigenvalue weighted by atomic mass is 32.2. The Bertz CT molecular complexity index is 647. The summed E-state index contributed by atoms with van der Waals surface area (Å²) < 4.78 is 7.74. The van der Waals surface area contributed by atoms with Gasteiger partial charge in [-0.15, -0.1) is 11.8 Å². The number of nitrogens with zero attached hydrogens (tertiary/aromatic N) is 1. The zero-order chi connectivity index (χ0) is 15.4. The van der Waals surface area contributed by atoms with E-state index in [0.29, 0.717) is 12.3 Å². The fourth-order valence-corrected chi connectivity index (χ4v) is 3.74. The number of aromatic nitrogens is 1. The molecule has 0 bridgehead atoms. The fraction of sp³-hybridized carbons (Fsp3) is 0.471. The van der Waals surface area contributed by atoms with Gasteiger partial charge in [0, 0.05) is 41.7 Å². The van der Waals surface area contributed by atoms with Crippen LogP contribution in [0.25, 0.3) is 10.9 Å². The van der Waals surface area contributed by atoms with Crippen molar-refractivity contribution in [3.63, 3.8) is 0 Å². The molecule has 1 atom stereocenters. The van der Waals surface area contributed by atoms with E-state index in [4.69, 9.17) is 4.74 Å². The number of para-hydroxylation sites is 1. The maximum Gasteiger partial charge on any atom is 0.230 e. The Kier molecular flexibility index (Phi) is 5.05. The molecule has 5 heteroatoms. The Labute approximate surface area is 135 Å². The molecule has 0 saturated carbocycles.